The molecule has 0 saturated carbocycles. The first kappa shape index (κ1) is 47.6. The summed E-state index contributed by atoms with van der Waals surface area (Å²) in [4.78, 5) is 58.4. The van der Waals surface area contributed by atoms with Crippen molar-refractivity contribution in [1.82, 2.24) is 19.7 Å². The van der Waals surface area contributed by atoms with Gasteiger partial charge in [-0.05, 0) is 49.1 Å². The maximum Gasteiger partial charge on any atom is 0.320 e. The maximum absolute atomic E-state index is 12.7. The first-order chi connectivity index (χ1) is 25.6. The maximum atomic E-state index is 12.7. The van der Waals surface area contributed by atoms with Gasteiger partial charge < -0.3 is 20.6 Å². The molecule has 3 rings (SSSR count). The molecule has 1 aromatic carbocycles. The van der Waals surface area contributed by atoms with Gasteiger partial charge in [0, 0.05) is 91.3 Å². The molecule has 0 radical (unpaired) electrons. The summed E-state index contributed by atoms with van der Waals surface area (Å²) in [5.74, 6) is -2.95. The van der Waals surface area contributed by atoms with Crippen LogP contribution >= 0.6 is 0 Å². The number of aryl methyl sites for hydroxylation is 1. The van der Waals surface area contributed by atoms with E-state index < -0.39 is 23.9 Å². The van der Waals surface area contributed by atoms with Crippen molar-refractivity contribution in [2.45, 2.75) is 129 Å². The van der Waals surface area contributed by atoms with E-state index in [-0.39, 0.29) is 72.0 Å². The molecular weight excluding hydrogens is 832 g/mol. The number of aliphatic carboxylic acids is 3. The Labute approximate surface area is 354 Å². The molecule has 1 aromatic heterocycles. The summed E-state index contributed by atoms with van der Waals surface area (Å²) in [5.41, 5.74) is 3.00. The van der Waals surface area contributed by atoms with Gasteiger partial charge >= 0.3 is 17.9 Å². The van der Waals surface area contributed by atoms with Crippen LogP contribution in [-0.2, 0) is 38.7 Å². The third-order valence-electron chi connectivity index (χ3n) is 9.95. The van der Waals surface area contributed by atoms with Gasteiger partial charge in [-0.3, -0.25) is 38.9 Å². The second kappa shape index (κ2) is 27.9. The fourth-order valence-corrected chi connectivity index (χ4v) is 6.95. The third-order valence-corrected chi connectivity index (χ3v) is 9.95. The molecule has 13 heteroatoms. The van der Waals surface area contributed by atoms with Gasteiger partial charge in [-0.15, -0.1) is 0 Å². The van der Waals surface area contributed by atoms with Gasteiger partial charge in [-0.1, -0.05) is 102 Å². The van der Waals surface area contributed by atoms with E-state index in [4.69, 9.17) is 4.98 Å². The number of carboxylic acid groups (broad SMARTS) is 3. The Balaban J connectivity index is 0.0000101. The summed E-state index contributed by atoms with van der Waals surface area (Å²) in [7, 11) is 0. The van der Waals surface area contributed by atoms with Crippen LogP contribution < -0.4 is 5.32 Å². The van der Waals surface area contributed by atoms with Crippen LogP contribution in [0.3, 0.4) is 0 Å². The number of carbonyl (C=O) groups is 4. The van der Waals surface area contributed by atoms with Crippen molar-refractivity contribution >= 4 is 29.5 Å². The first-order valence-corrected chi connectivity index (χ1v) is 19.8. The van der Waals surface area contributed by atoms with Crippen molar-refractivity contribution in [3.8, 4) is 0 Å². The summed E-state index contributed by atoms with van der Waals surface area (Å²) in [6.45, 7) is 3.56. The monoisotopic (exact) mass is 895 g/mol. The molecule has 302 valence electrons. The number of hydrogen-bond acceptors (Lipinski definition) is 8. The molecule has 1 aliphatic rings. The fourth-order valence-electron chi connectivity index (χ4n) is 6.95. The smallest absolute Gasteiger partial charge is 0.320 e. The summed E-state index contributed by atoms with van der Waals surface area (Å²) >= 11 is 0. The molecule has 1 atom stereocenters. The third kappa shape index (κ3) is 20.4. The summed E-state index contributed by atoms with van der Waals surface area (Å²) in [5, 5.41) is 32.3. The number of aromatic nitrogens is 1. The number of anilines is 1. The molecule has 0 spiro atoms. The Hall–Kier alpha value is -2.55. The molecule has 2 aromatic rings. The first-order valence-electron chi connectivity index (χ1n) is 19.8. The quantitative estimate of drug-likeness (QED) is 0.0833. The van der Waals surface area contributed by atoms with Gasteiger partial charge in [-0.25, -0.2) is 0 Å². The minimum Gasteiger partial charge on any atom is -0.480 e. The number of amides is 1. The number of benzene rings is 1. The van der Waals surface area contributed by atoms with Crippen LogP contribution in [0.5, 0.6) is 0 Å². The fraction of sp³-hybridized carbons (Fsp3) is 0.634. The average molecular weight is 895 g/mol. The molecule has 1 aliphatic heterocycles. The van der Waals surface area contributed by atoms with Crippen molar-refractivity contribution in [2.75, 3.05) is 44.6 Å². The Bertz CT molecular complexity index is 1400. The zero-order valence-corrected chi connectivity index (χ0v) is 34.5. The van der Waals surface area contributed by atoms with Crippen molar-refractivity contribution in [3.05, 3.63) is 59.4 Å². The van der Waals surface area contributed by atoms with Gasteiger partial charge in [0.2, 0.25) is 5.91 Å². The van der Waals surface area contributed by atoms with E-state index in [1.54, 1.807) is 9.80 Å². The predicted molar refractivity (Wildman–Crippen MR) is 207 cm³/mol. The minimum atomic E-state index is -1.01. The van der Waals surface area contributed by atoms with E-state index in [2.05, 4.69) is 12.2 Å². The SMILES string of the molecule is CCCCCCCCCCCCCCCC(=O)Nc1ccc(CCC(C(=O)O)N2CCN(CC(=O)O)CCN(CC(=O)O)Cc3cccc(n3)C2)cc1.[Gd]. The molecule has 0 aliphatic carbocycles. The van der Waals surface area contributed by atoms with Crippen molar-refractivity contribution in [3.63, 3.8) is 0 Å². The molecule has 2 bridgehead atoms. The van der Waals surface area contributed by atoms with Gasteiger partial charge in [0.25, 0.3) is 0 Å². The van der Waals surface area contributed by atoms with E-state index in [1.807, 2.05) is 47.4 Å². The van der Waals surface area contributed by atoms with Crippen LogP contribution in [0.2, 0.25) is 0 Å². The second-order valence-electron chi connectivity index (χ2n) is 14.5. The zero-order chi connectivity index (χ0) is 38.3. The van der Waals surface area contributed by atoms with Crippen molar-refractivity contribution < 1.29 is 74.4 Å². The Kier molecular flexibility index (Phi) is 24.6. The molecule has 1 amide bonds. The van der Waals surface area contributed by atoms with E-state index in [9.17, 15) is 34.5 Å². The number of nitrogens with one attached hydrogen (secondary N) is 1. The molecule has 12 nitrogen and oxygen atoms in total. The van der Waals surface area contributed by atoms with E-state index >= 15 is 0 Å². The van der Waals surface area contributed by atoms with Crippen LogP contribution in [0.15, 0.2) is 42.5 Å². The van der Waals surface area contributed by atoms with E-state index in [0.29, 0.717) is 56.8 Å². The van der Waals surface area contributed by atoms with Gasteiger partial charge in [0.15, 0.2) is 0 Å². The molecular formula is C41H63GdN5O7. The normalized spacial score (nSPS) is 15.0. The number of carboxylic acids is 3. The Morgan fingerprint density at radius 3 is 1.78 bits per heavy atom. The average Bonchev–Trinajstić information content (AvgIpc) is 3.11. The molecule has 2 heterocycles. The van der Waals surface area contributed by atoms with Gasteiger partial charge in [0.05, 0.1) is 24.5 Å². The van der Waals surface area contributed by atoms with Crippen LogP contribution in [0.1, 0.15) is 120 Å². The predicted octanol–water partition coefficient (Wildman–Crippen LogP) is 6.68. The number of hydrogen-bond donors (Lipinski definition) is 4. The van der Waals surface area contributed by atoms with Crippen molar-refractivity contribution in [1.29, 1.82) is 0 Å². The van der Waals surface area contributed by atoms with Gasteiger partial charge in [-0.2, -0.15) is 0 Å². The molecule has 1 unspecified atom stereocenters. The second-order valence-corrected chi connectivity index (χ2v) is 14.5. The number of rotatable bonds is 24. The number of nitrogens with zero attached hydrogens (tertiary/aromatic N) is 4. The number of fused-ring (bicyclic) bond motifs is 2. The van der Waals surface area contributed by atoms with Crippen LogP contribution in [0, 0.1) is 39.9 Å². The number of unbranched alkanes of at least 4 members (excludes halogenated alkanes) is 12. The zero-order valence-electron chi connectivity index (χ0n) is 32.2. The minimum absolute atomic E-state index is 0. The largest absolute Gasteiger partial charge is 0.480 e. The number of pyridine rings is 1. The molecule has 0 saturated heterocycles. The topological polar surface area (TPSA) is 164 Å². The van der Waals surface area contributed by atoms with Crippen LogP contribution in [-0.4, -0.2) is 104 Å². The Morgan fingerprint density at radius 1 is 0.685 bits per heavy atom. The molecule has 54 heavy (non-hydrogen) atoms. The standard InChI is InChI=1S/C41H63N5O7.Gd/c1-2-3-4-5-6-7-8-9-10-11-12-13-14-18-38(47)43-34-22-19-33(20-23-34)21-24-37(41(52)53)46-28-27-44(31-39(48)49)25-26-45(32-40(50)51)29-35-16-15-17-36(30-46)42-35;/h15-17,19-20,22-23,37H,2-14,18,21,24-32H2,1H3,(H,43,47)(H,48,49)(H,50,51)(H,52,53);. The summed E-state index contributed by atoms with van der Waals surface area (Å²) in [6, 6.07) is 12.2. The van der Waals surface area contributed by atoms with Crippen molar-refractivity contribution in [2.24, 2.45) is 0 Å². The molecule has 4 N–H and O–H groups in total. The summed E-state index contributed by atoms with van der Waals surface area (Å²) < 4.78 is 0. The van der Waals surface area contributed by atoms with Crippen LogP contribution in [0.25, 0.3) is 0 Å². The van der Waals surface area contributed by atoms with E-state index in [0.717, 1.165) is 24.1 Å². The van der Waals surface area contributed by atoms with Gasteiger partial charge in [0.1, 0.15) is 6.04 Å². The number of carbonyl (C=O) groups excluding carboxylic acids is 1. The molecule has 0 fully saturated rings. The Morgan fingerprint density at radius 2 is 1.20 bits per heavy atom. The van der Waals surface area contributed by atoms with E-state index in [1.165, 1.54) is 70.6 Å². The summed E-state index contributed by atoms with van der Waals surface area (Å²) in [6.07, 6.45) is 17.8. The van der Waals surface area contributed by atoms with Crippen LogP contribution in [0.4, 0.5) is 5.69 Å².